The average Bonchev–Trinajstić information content (AvgIpc) is 3.46. The Balaban J connectivity index is 1.16. The van der Waals surface area contributed by atoms with Gasteiger partial charge in [0.25, 0.3) is 0 Å². The lowest BCUT2D eigenvalue weighted by Crippen LogP contribution is -2.55. The summed E-state index contributed by atoms with van der Waals surface area (Å²) in [4.78, 5) is 14.5. The highest BCUT2D eigenvalue weighted by Crippen LogP contribution is 2.21. The van der Waals surface area contributed by atoms with Crippen LogP contribution in [0.25, 0.3) is 0 Å². The minimum absolute atomic E-state index is 0.439. The molecule has 0 saturated carbocycles. The Morgan fingerprint density at radius 1 is 0.647 bits per heavy atom. The van der Waals surface area contributed by atoms with Gasteiger partial charge in [0, 0.05) is 61.5 Å². The first-order valence-corrected chi connectivity index (χ1v) is 12.7. The number of benzene rings is 2. The molecule has 0 radical (unpaired) electrons. The highest BCUT2D eigenvalue weighted by atomic mass is 15.3. The van der Waals surface area contributed by atoms with Crippen molar-refractivity contribution in [3.63, 3.8) is 0 Å². The molecular formula is C28H38N6. The number of rotatable bonds is 6. The van der Waals surface area contributed by atoms with Gasteiger partial charge in [0.1, 0.15) is 11.7 Å². The van der Waals surface area contributed by atoms with Crippen LogP contribution >= 0.6 is 0 Å². The molecule has 0 spiro atoms. The van der Waals surface area contributed by atoms with Gasteiger partial charge in [-0.05, 0) is 38.8 Å². The van der Waals surface area contributed by atoms with Crippen LogP contribution in [-0.4, -0.2) is 71.8 Å². The van der Waals surface area contributed by atoms with E-state index in [1.165, 1.54) is 22.3 Å². The molecule has 1 fully saturated rings. The van der Waals surface area contributed by atoms with E-state index in [-0.39, 0.29) is 0 Å². The summed E-state index contributed by atoms with van der Waals surface area (Å²) >= 11 is 0. The fourth-order valence-corrected chi connectivity index (χ4v) is 5.17. The molecule has 6 nitrogen and oxygen atoms in total. The number of nitrogens with one attached hydrogen (secondary N) is 2. The lowest BCUT2D eigenvalue weighted by molar-refractivity contribution is 0.0328. The van der Waals surface area contributed by atoms with Crippen LogP contribution in [0.1, 0.15) is 49.9 Å². The molecule has 5 rings (SSSR count). The van der Waals surface area contributed by atoms with Gasteiger partial charge in [-0.1, -0.05) is 48.5 Å². The summed E-state index contributed by atoms with van der Waals surface area (Å²) in [6.45, 7) is 15.0. The lowest BCUT2D eigenvalue weighted by atomic mass is 10.0. The second-order valence-electron chi connectivity index (χ2n) is 10.4. The first-order valence-electron chi connectivity index (χ1n) is 12.7. The number of hydrogen-bond acceptors (Lipinski definition) is 6. The molecule has 3 aliphatic rings. The van der Waals surface area contributed by atoms with E-state index in [1.54, 1.807) is 0 Å². The summed E-state index contributed by atoms with van der Waals surface area (Å²) in [6.07, 6.45) is 0. The Bertz CT molecular complexity index is 956. The Morgan fingerprint density at radius 2 is 1.03 bits per heavy atom. The quantitative estimate of drug-likeness (QED) is 0.698. The number of hydrogen-bond donors (Lipinski definition) is 2. The largest absolute Gasteiger partial charge is 0.366 e. The minimum atomic E-state index is 0.439. The van der Waals surface area contributed by atoms with Crippen LogP contribution in [0.2, 0.25) is 0 Å². The number of nitrogens with zero attached hydrogens (tertiary/aromatic N) is 4. The molecule has 34 heavy (non-hydrogen) atoms. The van der Waals surface area contributed by atoms with Gasteiger partial charge in [-0.3, -0.25) is 19.8 Å². The summed E-state index contributed by atoms with van der Waals surface area (Å²) < 4.78 is 0. The molecule has 4 unspecified atom stereocenters. The molecule has 2 aromatic carbocycles. The molecule has 3 aliphatic heterocycles. The molecule has 180 valence electrons. The molecular weight excluding hydrogens is 420 g/mol. The Morgan fingerprint density at radius 3 is 1.35 bits per heavy atom. The van der Waals surface area contributed by atoms with Gasteiger partial charge in [0.15, 0.2) is 0 Å². The van der Waals surface area contributed by atoms with Gasteiger partial charge in [-0.25, -0.2) is 0 Å². The van der Waals surface area contributed by atoms with Crippen LogP contribution in [0.5, 0.6) is 0 Å². The molecule has 0 bridgehead atoms. The third-order valence-corrected chi connectivity index (χ3v) is 7.28. The van der Waals surface area contributed by atoms with Gasteiger partial charge < -0.3 is 10.6 Å². The van der Waals surface area contributed by atoms with Crippen LogP contribution in [0.4, 0.5) is 0 Å². The first kappa shape index (κ1) is 23.1. The van der Waals surface area contributed by atoms with Crippen molar-refractivity contribution in [2.45, 2.75) is 65.0 Å². The van der Waals surface area contributed by atoms with Crippen LogP contribution < -0.4 is 10.6 Å². The second kappa shape index (κ2) is 9.88. The van der Waals surface area contributed by atoms with E-state index in [0.717, 1.165) is 50.9 Å². The van der Waals surface area contributed by atoms with Crippen LogP contribution in [0.15, 0.2) is 58.5 Å². The molecule has 2 aromatic rings. The third-order valence-electron chi connectivity index (χ3n) is 7.28. The second-order valence-corrected chi connectivity index (χ2v) is 10.4. The molecule has 0 aromatic heterocycles. The maximum atomic E-state index is 4.61. The Hall–Kier alpha value is -2.70. The molecule has 0 amide bonds. The van der Waals surface area contributed by atoms with Gasteiger partial charge in [-0.2, -0.15) is 0 Å². The smallest absolute Gasteiger partial charge is 0.128 e. The standard InChI is InChI=1S/C28H38N6/c1-19-13-29-27(31-19)25-9-5-23(6-10-25)17-33-15-22(4)34(16-21(33)3)18-24-7-11-26(12-8-24)28-30-14-20(2)32-28/h5-12,19-22H,13-18H2,1-4H3,(H,29,31)(H,30,32). The number of piperazine rings is 1. The summed E-state index contributed by atoms with van der Waals surface area (Å²) in [5, 5.41) is 6.91. The lowest BCUT2D eigenvalue weighted by Gasteiger charge is -2.44. The number of amidine groups is 2. The predicted octanol–water partition coefficient (Wildman–Crippen LogP) is 3.26. The fraction of sp³-hybridized carbons (Fsp3) is 0.500. The van der Waals surface area contributed by atoms with Crippen molar-refractivity contribution >= 4 is 11.7 Å². The van der Waals surface area contributed by atoms with Crippen LogP contribution in [0, 0.1) is 0 Å². The van der Waals surface area contributed by atoms with Gasteiger partial charge in [0.05, 0.1) is 13.1 Å². The van der Waals surface area contributed by atoms with Crippen molar-refractivity contribution in [2.24, 2.45) is 9.98 Å². The normalized spacial score (nSPS) is 27.8. The zero-order valence-corrected chi connectivity index (χ0v) is 21.0. The predicted molar refractivity (Wildman–Crippen MR) is 141 cm³/mol. The first-order chi connectivity index (χ1) is 16.4. The van der Waals surface area contributed by atoms with Crippen molar-refractivity contribution in [1.29, 1.82) is 0 Å². The zero-order valence-electron chi connectivity index (χ0n) is 21.0. The summed E-state index contributed by atoms with van der Waals surface area (Å²) in [6, 6.07) is 19.8. The Kier molecular flexibility index (Phi) is 6.70. The van der Waals surface area contributed by atoms with Crippen molar-refractivity contribution in [3.05, 3.63) is 70.8 Å². The van der Waals surface area contributed by atoms with Crippen molar-refractivity contribution in [2.75, 3.05) is 26.2 Å². The SMILES string of the molecule is CC1CN=C(c2ccc(CN3CC(C)N(Cc4ccc(C5=NCC(C)N5)cc4)CC3C)cc2)N1. The molecule has 1 saturated heterocycles. The van der Waals surface area contributed by atoms with E-state index >= 15 is 0 Å². The van der Waals surface area contributed by atoms with E-state index in [4.69, 9.17) is 0 Å². The molecule has 3 heterocycles. The van der Waals surface area contributed by atoms with Crippen molar-refractivity contribution < 1.29 is 0 Å². The molecule has 2 N–H and O–H groups in total. The molecule has 0 aliphatic carbocycles. The highest BCUT2D eigenvalue weighted by Gasteiger charge is 2.29. The minimum Gasteiger partial charge on any atom is -0.366 e. The zero-order chi connectivity index (χ0) is 23.7. The van der Waals surface area contributed by atoms with Gasteiger partial charge >= 0.3 is 0 Å². The maximum Gasteiger partial charge on any atom is 0.128 e. The van der Waals surface area contributed by atoms with E-state index in [0.29, 0.717) is 24.2 Å². The average molecular weight is 459 g/mol. The maximum absolute atomic E-state index is 4.61. The van der Waals surface area contributed by atoms with Gasteiger partial charge in [-0.15, -0.1) is 0 Å². The van der Waals surface area contributed by atoms with E-state index in [2.05, 4.69) is 107 Å². The molecule has 4 atom stereocenters. The molecule has 6 heteroatoms. The monoisotopic (exact) mass is 458 g/mol. The van der Waals surface area contributed by atoms with Crippen LogP contribution in [-0.2, 0) is 13.1 Å². The van der Waals surface area contributed by atoms with Gasteiger partial charge in [0.2, 0.25) is 0 Å². The summed E-state index contributed by atoms with van der Waals surface area (Å²) in [5.74, 6) is 2.06. The Labute approximate surface area is 204 Å². The van der Waals surface area contributed by atoms with E-state index < -0.39 is 0 Å². The van der Waals surface area contributed by atoms with E-state index in [9.17, 15) is 0 Å². The summed E-state index contributed by atoms with van der Waals surface area (Å²) in [7, 11) is 0. The van der Waals surface area contributed by atoms with Crippen molar-refractivity contribution in [3.8, 4) is 0 Å². The highest BCUT2D eigenvalue weighted by molar-refractivity contribution is 6.00. The number of aliphatic imine (C=N–C) groups is 2. The topological polar surface area (TPSA) is 55.3 Å². The fourth-order valence-electron chi connectivity index (χ4n) is 5.17. The van der Waals surface area contributed by atoms with E-state index in [1.807, 2.05) is 0 Å². The van der Waals surface area contributed by atoms with Crippen LogP contribution in [0.3, 0.4) is 0 Å². The third kappa shape index (κ3) is 5.18. The van der Waals surface area contributed by atoms with Crippen molar-refractivity contribution in [1.82, 2.24) is 20.4 Å². The summed E-state index contributed by atoms with van der Waals surface area (Å²) in [5.41, 5.74) is 5.12.